The lowest BCUT2D eigenvalue weighted by atomic mass is 10.1. The van der Waals surface area contributed by atoms with Crippen molar-refractivity contribution in [3.8, 4) is 0 Å². The van der Waals surface area contributed by atoms with E-state index < -0.39 is 4.92 Å². The van der Waals surface area contributed by atoms with Crippen molar-refractivity contribution < 1.29 is 9.72 Å². The molecule has 7 nitrogen and oxygen atoms in total. The van der Waals surface area contributed by atoms with Crippen molar-refractivity contribution in [1.82, 2.24) is 10.3 Å². The number of amides is 1. The molecule has 1 heterocycles. The monoisotopic (exact) mass is 294 g/mol. The SMILES string of the molecule is CCCNc1ncc([N+](=O)[O-])cc1C(=O)NC(C)C(C)C. The lowest BCUT2D eigenvalue weighted by Gasteiger charge is -2.18. The number of nitrogens with zero attached hydrogens (tertiary/aromatic N) is 2. The number of carbonyl (C=O) groups is 1. The Kier molecular flexibility index (Phi) is 6.08. The lowest BCUT2D eigenvalue weighted by Crippen LogP contribution is -2.36. The molecular formula is C14H22N4O3. The fourth-order valence-corrected chi connectivity index (χ4v) is 1.56. The van der Waals surface area contributed by atoms with Crippen molar-refractivity contribution in [1.29, 1.82) is 0 Å². The van der Waals surface area contributed by atoms with E-state index in [2.05, 4.69) is 15.6 Å². The van der Waals surface area contributed by atoms with Crippen LogP contribution in [0.1, 0.15) is 44.5 Å². The highest BCUT2D eigenvalue weighted by Crippen LogP contribution is 2.19. The molecule has 1 amide bonds. The second kappa shape index (κ2) is 7.56. The van der Waals surface area contributed by atoms with E-state index in [9.17, 15) is 14.9 Å². The summed E-state index contributed by atoms with van der Waals surface area (Å²) in [6.45, 7) is 8.51. The van der Waals surface area contributed by atoms with Gasteiger partial charge < -0.3 is 10.6 Å². The van der Waals surface area contributed by atoms with Crippen LogP contribution in [0.3, 0.4) is 0 Å². The molecule has 0 spiro atoms. The normalized spacial score (nSPS) is 12.0. The summed E-state index contributed by atoms with van der Waals surface area (Å²) in [4.78, 5) is 26.6. The molecule has 0 bridgehead atoms. The van der Waals surface area contributed by atoms with E-state index in [1.54, 1.807) is 0 Å². The van der Waals surface area contributed by atoms with Crippen LogP contribution in [0.5, 0.6) is 0 Å². The van der Waals surface area contributed by atoms with Gasteiger partial charge in [-0.25, -0.2) is 4.98 Å². The number of hydrogen-bond acceptors (Lipinski definition) is 5. The predicted octanol–water partition coefficient (Wildman–Crippen LogP) is 2.59. The Labute approximate surface area is 124 Å². The zero-order chi connectivity index (χ0) is 16.0. The summed E-state index contributed by atoms with van der Waals surface area (Å²) in [5.74, 6) is 0.287. The van der Waals surface area contributed by atoms with Gasteiger partial charge in [-0.3, -0.25) is 14.9 Å². The van der Waals surface area contributed by atoms with Crippen molar-refractivity contribution in [3.63, 3.8) is 0 Å². The van der Waals surface area contributed by atoms with E-state index in [1.807, 2.05) is 27.7 Å². The lowest BCUT2D eigenvalue weighted by molar-refractivity contribution is -0.385. The quantitative estimate of drug-likeness (QED) is 0.595. The fraction of sp³-hybridized carbons (Fsp3) is 0.571. The van der Waals surface area contributed by atoms with Crippen molar-refractivity contribution in [2.75, 3.05) is 11.9 Å². The minimum Gasteiger partial charge on any atom is -0.369 e. The van der Waals surface area contributed by atoms with Crippen LogP contribution in [0.2, 0.25) is 0 Å². The number of nitrogens with one attached hydrogen (secondary N) is 2. The van der Waals surface area contributed by atoms with E-state index in [1.165, 1.54) is 6.07 Å². The number of nitro groups is 1. The molecule has 1 aromatic rings. The molecule has 1 aromatic heterocycles. The van der Waals surface area contributed by atoms with Gasteiger partial charge in [0, 0.05) is 18.7 Å². The third-order valence-corrected chi connectivity index (χ3v) is 3.23. The molecule has 1 atom stereocenters. The molecule has 116 valence electrons. The molecular weight excluding hydrogens is 272 g/mol. The molecule has 0 aromatic carbocycles. The topological polar surface area (TPSA) is 97.2 Å². The maximum atomic E-state index is 12.3. The van der Waals surface area contributed by atoms with Crippen LogP contribution < -0.4 is 10.6 Å². The van der Waals surface area contributed by atoms with Gasteiger partial charge in [0.2, 0.25) is 0 Å². The average Bonchev–Trinajstić information content (AvgIpc) is 2.44. The van der Waals surface area contributed by atoms with E-state index >= 15 is 0 Å². The van der Waals surface area contributed by atoms with Gasteiger partial charge in [0.15, 0.2) is 0 Å². The van der Waals surface area contributed by atoms with Gasteiger partial charge in [-0.05, 0) is 19.3 Å². The average molecular weight is 294 g/mol. The molecule has 21 heavy (non-hydrogen) atoms. The number of hydrogen-bond donors (Lipinski definition) is 2. The third-order valence-electron chi connectivity index (χ3n) is 3.23. The third kappa shape index (κ3) is 4.70. The van der Waals surface area contributed by atoms with E-state index in [0.717, 1.165) is 12.6 Å². The molecule has 2 N–H and O–H groups in total. The number of carbonyl (C=O) groups excluding carboxylic acids is 1. The van der Waals surface area contributed by atoms with Crippen LogP contribution >= 0.6 is 0 Å². The summed E-state index contributed by atoms with van der Waals surface area (Å²) in [5.41, 5.74) is 0.00421. The van der Waals surface area contributed by atoms with Crippen molar-refractivity contribution >= 4 is 17.4 Å². The zero-order valence-corrected chi connectivity index (χ0v) is 12.8. The Morgan fingerprint density at radius 2 is 2.10 bits per heavy atom. The minimum absolute atomic E-state index is 0.0317. The van der Waals surface area contributed by atoms with E-state index in [-0.39, 0.29) is 29.1 Å². The maximum Gasteiger partial charge on any atom is 0.288 e. The second-order valence-corrected chi connectivity index (χ2v) is 5.28. The summed E-state index contributed by atoms with van der Waals surface area (Å²) in [6.07, 6.45) is 2.02. The number of pyridine rings is 1. The Balaban J connectivity index is 3.06. The standard InChI is InChI=1S/C14H22N4O3/c1-5-6-15-13-12(7-11(8-16-13)18(20)21)14(19)17-10(4)9(2)3/h7-10H,5-6H2,1-4H3,(H,15,16)(H,17,19). The summed E-state index contributed by atoms with van der Waals surface area (Å²) in [6, 6.07) is 1.23. The highest BCUT2D eigenvalue weighted by atomic mass is 16.6. The molecule has 0 fully saturated rings. The molecule has 7 heteroatoms. The van der Waals surface area contributed by atoms with Crippen molar-refractivity contribution in [2.24, 2.45) is 5.92 Å². The maximum absolute atomic E-state index is 12.3. The van der Waals surface area contributed by atoms with Gasteiger partial charge in [0.1, 0.15) is 12.0 Å². The predicted molar refractivity (Wildman–Crippen MR) is 81.4 cm³/mol. The summed E-state index contributed by atoms with van der Waals surface area (Å²) < 4.78 is 0. The first-order valence-corrected chi connectivity index (χ1v) is 7.06. The molecule has 0 radical (unpaired) electrons. The van der Waals surface area contributed by atoms with E-state index in [4.69, 9.17) is 0 Å². The van der Waals surface area contributed by atoms with Crippen molar-refractivity contribution in [2.45, 2.75) is 40.2 Å². The van der Waals surface area contributed by atoms with Gasteiger partial charge in [-0.2, -0.15) is 0 Å². The summed E-state index contributed by atoms with van der Waals surface area (Å²) in [5, 5.41) is 16.7. The largest absolute Gasteiger partial charge is 0.369 e. The fourth-order valence-electron chi connectivity index (χ4n) is 1.56. The van der Waals surface area contributed by atoms with Crippen molar-refractivity contribution in [3.05, 3.63) is 27.9 Å². The van der Waals surface area contributed by atoms with Gasteiger partial charge in [0.05, 0.1) is 10.5 Å². The van der Waals surface area contributed by atoms with E-state index in [0.29, 0.717) is 12.4 Å². The van der Waals surface area contributed by atoms with Crippen LogP contribution in [0.15, 0.2) is 12.3 Å². The molecule has 0 saturated heterocycles. The highest BCUT2D eigenvalue weighted by molar-refractivity contribution is 5.99. The van der Waals surface area contributed by atoms with Gasteiger partial charge in [-0.15, -0.1) is 0 Å². The number of anilines is 1. The first-order valence-electron chi connectivity index (χ1n) is 7.06. The Hall–Kier alpha value is -2.18. The number of rotatable bonds is 7. The highest BCUT2D eigenvalue weighted by Gasteiger charge is 2.20. The van der Waals surface area contributed by atoms with Gasteiger partial charge in [0.25, 0.3) is 11.6 Å². The smallest absolute Gasteiger partial charge is 0.288 e. The molecule has 1 unspecified atom stereocenters. The number of aromatic nitrogens is 1. The Bertz CT molecular complexity index is 517. The van der Waals surface area contributed by atoms with Gasteiger partial charge >= 0.3 is 0 Å². The zero-order valence-electron chi connectivity index (χ0n) is 12.8. The molecule has 0 aliphatic rings. The van der Waals surface area contributed by atoms with Crippen LogP contribution in [0, 0.1) is 16.0 Å². The molecule has 0 saturated carbocycles. The molecule has 0 aliphatic heterocycles. The Morgan fingerprint density at radius 1 is 1.43 bits per heavy atom. The molecule has 0 aliphatic carbocycles. The summed E-state index contributed by atoms with van der Waals surface area (Å²) in [7, 11) is 0. The Morgan fingerprint density at radius 3 is 2.62 bits per heavy atom. The van der Waals surface area contributed by atoms with Crippen LogP contribution in [0.25, 0.3) is 0 Å². The minimum atomic E-state index is -0.556. The first kappa shape index (κ1) is 16.9. The first-order chi connectivity index (χ1) is 9.86. The molecule has 1 rings (SSSR count). The summed E-state index contributed by atoms with van der Waals surface area (Å²) >= 11 is 0. The van der Waals surface area contributed by atoms with Crippen LogP contribution in [-0.4, -0.2) is 28.4 Å². The van der Waals surface area contributed by atoms with Gasteiger partial charge in [-0.1, -0.05) is 20.8 Å². The van der Waals surface area contributed by atoms with Crippen LogP contribution in [-0.2, 0) is 0 Å². The second-order valence-electron chi connectivity index (χ2n) is 5.28. The van der Waals surface area contributed by atoms with Crippen LogP contribution in [0.4, 0.5) is 11.5 Å².